The lowest BCUT2D eigenvalue weighted by Crippen LogP contribution is -2.54. The number of amidine groups is 1. The third-order valence-corrected chi connectivity index (χ3v) is 3.37. The lowest BCUT2D eigenvalue weighted by atomic mass is 10.1. The van der Waals surface area contributed by atoms with Crippen molar-refractivity contribution in [2.75, 3.05) is 24.7 Å². The first-order valence-corrected chi connectivity index (χ1v) is 7.00. The molecule has 0 aromatic heterocycles. The standard InChI is InChI=1S/C11H21N3O4S.ClH/c1-4-18-10(17)14-11(3,9(15)16)7-19-6-5-13-8(2)12;/h4-7H2,1-3H3,(H2,12,13)(H,14,17)(H,15,16);1H/t11-;/m1./s1. The second kappa shape index (κ2) is 10.6. The van der Waals surface area contributed by atoms with Crippen LogP contribution in [-0.4, -0.2) is 53.2 Å². The number of ether oxygens (including phenoxy) is 1. The molecule has 0 fully saturated rings. The van der Waals surface area contributed by atoms with Crippen LogP contribution in [-0.2, 0) is 9.53 Å². The summed E-state index contributed by atoms with van der Waals surface area (Å²) >= 11 is 1.38. The summed E-state index contributed by atoms with van der Waals surface area (Å²) in [6, 6.07) is 0. The fourth-order valence-electron chi connectivity index (χ4n) is 1.11. The Hall–Kier alpha value is -1.15. The van der Waals surface area contributed by atoms with Crippen molar-refractivity contribution in [3.05, 3.63) is 0 Å². The molecular weight excluding hydrogens is 306 g/mol. The van der Waals surface area contributed by atoms with E-state index < -0.39 is 17.6 Å². The number of aliphatic carboxylic acids is 1. The van der Waals surface area contributed by atoms with Gasteiger partial charge in [-0.05, 0) is 20.8 Å². The predicted octanol–water partition coefficient (Wildman–Crippen LogP) is 1.11. The number of nitrogens with one attached hydrogen (secondary N) is 1. The van der Waals surface area contributed by atoms with E-state index in [-0.39, 0.29) is 24.8 Å². The first-order valence-electron chi connectivity index (χ1n) is 5.84. The lowest BCUT2D eigenvalue weighted by Gasteiger charge is -2.25. The highest BCUT2D eigenvalue weighted by molar-refractivity contribution is 7.99. The van der Waals surface area contributed by atoms with E-state index in [1.54, 1.807) is 13.8 Å². The Morgan fingerprint density at radius 3 is 2.55 bits per heavy atom. The zero-order chi connectivity index (χ0) is 14.9. The number of nitrogens with two attached hydrogens (primary N) is 1. The van der Waals surface area contributed by atoms with Gasteiger partial charge in [0.2, 0.25) is 0 Å². The van der Waals surface area contributed by atoms with Crippen LogP contribution >= 0.6 is 24.2 Å². The van der Waals surface area contributed by atoms with Gasteiger partial charge in [0.1, 0.15) is 5.54 Å². The summed E-state index contributed by atoms with van der Waals surface area (Å²) in [7, 11) is 0. The van der Waals surface area contributed by atoms with Crippen LogP contribution in [0.4, 0.5) is 4.79 Å². The quantitative estimate of drug-likeness (QED) is 0.349. The molecule has 0 aromatic carbocycles. The number of rotatable bonds is 8. The van der Waals surface area contributed by atoms with Crippen molar-refractivity contribution >= 4 is 42.1 Å². The van der Waals surface area contributed by atoms with Crippen molar-refractivity contribution in [1.82, 2.24) is 5.32 Å². The molecule has 118 valence electrons. The number of halogens is 1. The molecule has 1 atom stereocenters. The summed E-state index contributed by atoms with van der Waals surface area (Å²) in [6.07, 6.45) is -0.733. The molecule has 0 unspecified atom stereocenters. The van der Waals surface area contributed by atoms with E-state index >= 15 is 0 Å². The van der Waals surface area contributed by atoms with E-state index in [2.05, 4.69) is 15.0 Å². The van der Waals surface area contributed by atoms with Crippen LogP contribution in [0.25, 0.3) is 0 Å². The highest BCUT2D eigenvalue weighted by Gasteiger charge is 2.35. The van der Waals surface area contributed by atoms with Gasteiger partial charge in [-0.15, -0.1) is 12.4 Å². The third kappa shape index (κ3) is 8.87. The van der Waals surface area contributed by atoms with Crippen LogP contribution in [0, 0.1) is 0 Å². The largest absolute Gasteiger partial charge is 0.479 e. The SMILES string of the molecule is CCOC(=O)N[C@](C)(CSCCN=C(C)N)C(=O)O.Cl. The maximum absolute atomic E-state index is 11.3. The molecule has 0 saturated carbocycles. The van der Waals surface area contributed by atoms with E-state index in [9.17, 15) is 9.59 Å². The Bertz CT molecular complexity index is 351. The van der Waals surface area contributed by atoms with Crippen molar-refractivity contribution in [3.8, 4) is 0 Å². The number of carbonyl (C=O) groups is 2. The predicted molar refractivity (Wildman–Crippen MR) is 82.9 cm³/mol. The van der Waals surface area contributed by atoms with Gasteiger partial charge in [0, 0.05) is 18.1 Å². The van der Waals surface area contributed by atoms with Crippen LogP contribution in [0.1, 0.15) is 20.8 Å². The third-order valence-electron chi connectivity index (χ3n) is 2.11. The Morgan fingerprint density at radius 2 is 2.10 bits per heavy atom. The number of nitrogens with zero attached hydrogens (tertiary/aromatic N) is 1. The van der Waals surface area contributed by atoms with E-state index in [1.165, 1.54) is 18.7 Å². The van der Waals surface area contributed by atoms with Gasteiger partial charge < -0.3 is 20.9 Å². The zero-order valence-corrected chi connectivity index (χ0v) is 13.5. The Morgan fingerprint density at radius 1 is 1.50 bits per heavy atom. The highest BCUT2D eigenvalue weighted by Crippen LogP contribution is 2.14. The number of carbonyl (C=O) groups excluding carboxylic acids is 1. The summed E-state index contributed by atoms with van der Waals surface area (Å²) in [5.41, 5.74) is 4.02. The molecule has 1 amide bonds. The summed E-state index contributed by atoms with van der Waals surface area (Å²) in [5, 5.41) is 11.5. The number of carboxylic acids is 1. The number of amides is 1. The van der Waals surface area contributed by atoms with Crippen LogP contribution in [0.15, 0.2) is 4.99 Å². The van der Waals surface area contributed by atoms with Crippen molar-refractivity contribution in [2.45, 2.75) is 26.3 Å². The molecule has 20 heavy (non-hydrogen) atoms. The number of alkyl carbamates (subject to hydrolysis) is 1. The minimum absolute atomic E-state index is 0. The van der Waals surface area contributed by atoms with Gasteiger partial charge in [-0.25, -0.2) is 9.59 Å². The zero-order valence-electron chi connectivity index (χ0n) is 11.8. The van der Waals surface area contributed by atoms with E-state index in [0.29, 0.717) is 18.1 Å². The summed E-state index contributed by atoms with van der Waals surface area (Å²) in [6.45, 7) is 5.49. The smallest absolute Gasteiger partial charge is 0.408 e. The molecule has 0 bridgehead atoms. The molecule has 9 heteroatoms. The van der Waals surface area contributed by atoms with E-state index in [1.807, 2.05) is 0 Å². The Kier molecular flexibility index (Phi) is 11.2. The van der Waals surface area contributed by atoms with Gasteiger partial charge in [-0.2, -0.15) is 11.8 Å². The van der Waals surface area contributed by atoms with Gasteiger partial charge in [0.15, 0.2) is 0 Å². The van der Waals surface area contributed by atoms with Gasteiger partial charge in [0.25, 0.3) is 0 Å². The molecular formula is C11H22ClN3O4S. The molecule has 7 nitrogen and oxygen atoms in total. The summed E-state index contributed by atoms with van der Waals surface area (Å²) < 4.78 is 4.69. The molecule has 0 spiro atoms. The van der Waals surface area contributed by atoms with Gasteiger partial charge in [-0.1, -0.05) is 0 Å². The van der Waals surface area contributed by atoms with Crippen molar-refractivity contribution in [1.29, 1.82) is 0 Å². The fraction of sp³-hybridized carbons (Fsp3) is 0.727. The van der Waals surface area contributed by atoms with Crippen LogP contribution in [0.3, 0.4) is 0 Å². The summed E-state index contributed by atoms with van der Waals surface area (Å²) in [4.78, 5) is 26.5. The number of aliphatic imine (C=N–C) groups is 1. The van der Waals surface area contributed by atoms with Crippen molar-refractivity contribution < 1.29 is 19.4 Å². The first kappa shape index (κ1) is 21.2. The lowest BCUT2D eigenvalue weighted by molar-refractivity contribution is -0.142. The van der Waals surface area contributed by atoms with E-state index in [4.69, 9.17) is 10.8 Å². The number of carboxylic acid groups (broad SMARTS) is 1. The van der Waals surface area contributed by atoms with Gasteiger partial charge >= 0.3 is 12.1 Å². The fourth-order valence-corrected chi connectivity index (χ4v) is 2.08. The van der Waals surface area contributed by atoms with Crippen LogP contribution in [0.2, 0.25) is 0 Å². The number of hydrogen-bond donors (Lipinski definition) is 3. The van der Waals surface area contributed by atoms with Crippen LogP contribution < -0.4 is 11.1 Å². The van der Waals surface area contributed by atoms with Gasteiger partial charge in [0.05, 0.1) is 12.4 Å². The summed E-state index contributed by atoms with van der Waals surface area (Å²) in [5.74, 6) is 0.236. The molecule has 4 N–H and O–H groups in total. The maximum Gasteiger partial charge on any atom is 0.408 e. The van der Waals surface area contributed by atoms with E-state index in [0.717, 1.165) is 0 Å². The van der Waals surface area contributed by atoms with Crippen molar-refractivity contribution in [2.24, 2.45) is 10.7 Å². The minimum atomic E-state index is -1.36. The normalized spacial score (nSPS) is 13.8. The number of thioether (sulfide) groups is 1. The highest BCUT2D eigenvalue weighted by atomic mass is 35.5. The van der Waals surface area contributed by atoms with Crippen LogP contribution in [0.5, 0.6) is 0 Å². The second-order valence-corrected chi connectivity index (χ2v) is 5.16. The Labute approximate surface area is 129 Å². The van der Waals surface area contributed by atoms with Gasteiger partial charge in [-0.3, -0.25) is 4.99 Å². The van der Waals surface area contributed by atoms with Crippen molar-refractivity contribution in [3.63, 3.8) is 0 Å². The molecule has 0 aliphatic carbocycles. The monoisotopic (exact) mass is 327 g/mol. The molecule has 0 rings (SSSR count). The molecule has 0 saturated heterocycles. The number of hydrogen-bond acceptors (Lipinski definition) is 5. The second-order valence-electron chi connectivity index (χ2n) is 4.06. The average molecular weight is 328 g/mol. The molecule has 0 aliphatic rings. The first-order chi connectivity index (χ1) is 8.81. The molecule has 0 radical (unpaired) electrons. The molecule has 0 heterocycles. The maximum atomic E-state index is 11.3. The molecule has 0 aliphatic heterocycles. The Balaban J connectivity index is 0. The topological polar surface area (TPSA) is 114 Å². The molecule has 0 aromatic rings. The minimum Gasteiger partial charge on any atom is -0.479 e. The average Bonchev–Trinajstić information content (AvgIpc) is 2.28.